The van der Waals surface area contributed by atoms with Crippen LogP contribution < -0.4 is 5.56 Å². The number of aromatic nitrogens is 3. The predicted octanol–water partition coefficient (Wildman–Crippen LogP) is 2.98. The van der Waals surface area contributed by atoms with Crippen LogP contribution in [0.25, 0.3) is 23.1 Å². The van der Waals surface area contributed by atoms with Crippen LogP contribution in [-0.4, -0.2) is 14.5 Å². The third-order valence-corrected chi connectivity index (χ3v) is 3.32. The van der Waals surface area contributed by atoms with E-state index in [-0.39, 0.29) is 5.56 Å². The number of rotatable bonds is 3. The zero-order chi connectivity index (χ0) is 14.7. The Morgan fingerprint density at radius 3 is 2.76 bits per heavy atom. The molecule has 4 heteroatoms. The maximum Gasteiger partial charge on any atom is 0.261 e. The number of fused-ring (bicyclic) bond motifs is 1. The summed E-state index contributed by atoms with van der Waals surface area (Å²) in [7, 11) is 0. The van der Waals surface area contributed by atoms with Crippen LogP contribution in [0.1, 0.15) is 18.3 Å². The second-order valence-electron chi connectivity index (χ2n) is 4.66. The van der Waals surface area contributed by atoms with Crippen LogP contribution in [0.2, 0.25) is 0 Å². The molecule has 0 saturated heterocycles. The largest absolute Gasteiger partial charge is 0.293 e. The summed E-state index contributed by atoms with van der Waals surface area (Å²) in [5, 5.41) is 0.651. The highest BCUT2D eigenvalue weighted by molar-refractivity contribution is 5.79. The van der Waals surface area contributed by atoms with E-state index in [2.05, 4.69) is 9.97 Å². The van der Waals surface area contributed by atoms with Gasteiger partial charge in [-0.05, 0) is 42.8 Å². The van der Waals surface area contributed by atoms with E-state index in [1.54, 1.807) is 17.0 Å². The van der Waals surface area contributed by atoms with E-state index in [1.165, 1.54) is 0 Å². The molecule has 0 fully saturated rings. The van der Waals surface area contributed by atoms with Crippen molar-refractivity contribution < 1.29 is 0 Å². The maximum absolute atomic E-state index is 12.5. The Morgan fingerprint density at radius 1 is 1.14 bits per heavy atom. The Hall–Kier alpha value is -2.75. The molecule has 0 bridgehead atoms. The van der Waals surface area contributed by atoms with Crippen molar-refractivity contribution in [3.63, 3.8) is 0 Å². The molecule has 0 aliphatic carbocycles. The van der Waals surface area contributed by atoms with Gasteiger partial charge in [0.1, 0.15) is 5.82 Å². The minimum absolute atomic E-state index is 0.00561. The number of para-hydroxylation sites is 1. The monoisotopic (exact) mass is 277 g/mol. The van der Waals surface area contributed by atoms with Crippen LogP contribution in [0.4, 0.5) is 0 Å². The van der Waals surface area contributed by atoms with Gasteiger partial charge in [0, 0.05) is 18.9 Å². The van der Waals surface area contributed by atoms with Crippen LogP contribution in [0.3, 0.4) is 0 Å². The summed E-state index contributed by atoms with van der Waals surface area (Å²) < 4.78 is 1.68. The first kappa shape index (κ1) is 13.2. The van der Waals surface area contributed by atoms with Gasteiger partial charge in [0.2, 0.25) is 0 Å². The molecule has 0 saturated carbocycles. The summed E-state index contributed by atoms with van der Waals surface area (Å²) in [5.41, 5.74) is 1.69. The summed E-state index contributed by atoms with van der Waals surface area (Å²) in [5.74, 6) is 0.657. The molecule has 0 aliphatic heterocycles. The molecule has 0 radical (unpaired) electrons. The lowest BCUT2D eigenvalue weighted by molar-refractivity contribution is 0.708. The lowest BCUT2D eigenvalue weighted by Crippen LogP contribution is -2.22. The first-order valence-corrected chi connectivity index (χ1v) is 6.87. The van der Waals surface area contributed by atoms with Crippen molar-refractivity contribution in [3.05, 3.63) is 70.5 Å². The molecular formula is C17H15N3O. The quantitative estimate of drug-likeness (QED) is 0.739. The molecule has 0 spiro atoms. The molecule has 0 aliphatic rings. The van der Waals surface area contributed by atoms with Gasteiger partial charge in [-0.1, -0.05) is 18.2 Å². The molecule has 3 rings (SSSR count). The Morgan fingerprint density at radius 2 is 2.00 bits per heavy atom. The van der Waals surface area contributed by atoms with Crippen LogP contribution in [0, 0.1) is 0 Å². The number of nitrogens with zero attached hydrogens (tertiary/aromatic N) is 3. The lowest BCUT2D eigenvalue weighted by Gasteiger charge is -2.08. The average molecular weight is 277 g/mol. The van der Waals surface area contributed by atoms with E-state index < -0.39 is 0 Å². The Bertz CT molecular complexity index is 851. The van der Waals surface area contributed by atoms with Gasteiger partial charge in [0.25, 0.3) is 5.56 Å². The van der Waals surface area contributed by atoms with E-state index in [9.17, 15) is 4.79 Å². The number of hydrogen-bond acceptors (Lipinski definition) is 3. The minimum atomic E-state index is -0.00561. The van der Waals surface area contributed by atoms with E-state index in [1.807, 2.05) is 55.5 Å². The lowest BCUT2D eigenvalue weighted by atomic mass is 10.2. The summed E-state index contributed by atoms with van der Waals surface area (Å²) in [6.07, 6.45) is 7.27. The molecule has 21 heavy (non-hydrogen) atoms. The van der Waals surface area contributed by atoms with Crippen molar-refractivity contribution in [1.29, 1.82) is 0 Å². The standard InChI is InChI=1S/C17H15N3O/c1-2-20-16(10-9-13-6-5-11-18-12-13)19-15-8-4-3-7-14(15)17(20)21/h3-12H,2H2,1H3/b10-9+. The van der Waals surface area contributed by atoms with Gasteiger partial charge >= 0.3 is 0 Å². The second-order valence-corrected chi connectivity index (χ2v) is 4.66. The van der Waals surface area contributed by atoms with Gasteiger partial charge in [0.05, 0.1) is 10.9 Å². The molecule has 0 unspecified atom stereocenters. The molecule has 1 aromatic carbocycles. The van der Waals surface area contributed by atoms with Gasteiger partial charge in [0.15, 0.2) is 0 Å². The first-order chi connectivity index (χ1) is 10.3. The van der Waals surface area contributed by atoms with E-state index in [0.29, 0.717) is 17.8 Å². The van der Waals surface area contributed by atoms with Crippen molar-refractivity contribution in [2.45, 2.75) is 13.5 Å². The molecule has 3 aromatic rings. The summed E-state index contributed by atoms with van der Waals surface area (Å²) in [6.45, 7) is 2.53. The van der Waals surface area contributed by atoms with Gasteiger partial charge in [-0.15, -0.1) is 0 Å². The molecule has 0 N–H and O–H groups in total. The van der Waals surface area contributed by atoms with Crippen molar-refractivity contribution in [2.75, 3.05) is 0 Å². The van der Waals surface area contributed by atoms with E-state index in [0.717, 1.165) is 11.1 Å². The Kier molecular flexibility index (Phi) is 3.60. The zero-order valence-electron chi connectivity index (χ0n) is 11.7. The molecule has 0 amide bonds. The van der Waals surface area contributed by atoms with Gasteiger partial charge < -0.3 is 0 Å². The molecule has 4 nitrogen and oxygen atoms in total. The Labute approximate surface area is 122 Å². The fourth-order valence-electron chi connectivity index (χ4n) is 2.26. The van der Waals surface area contributed by atoms with Crippen molar-refractivity contribution >= 4 is 23.1 Å². The van der Waals surface area contributed by atoms with Gasteiger partial charge in [-0.3, -0.25) is 14.3 Å². The van der Waals surface area contributed by atoms with Gasteiger partial charge in [-0.2, -0.15) is 0 Å². The predicted molar refractivity (Wildman–Crippen MR) is 84.8 cm³/mol. The van der Waals surface area contributed by atoms with Crippen LogP contribution in [0.15, 0.2) is 53.6 Å². The highest BCUT2D eigenvalue weighted by Crippen LogP contribution is 2.10. The third-order valence-electron chi connectivity index (χ3n) is 3.32. The van der Waals surface area contributed by atoms with Crippen molar-refractivity contribution in [2.24, 2.45) is 0 Å². The number of benzene rings is 1. The second kappa shape index (κ2) is 5.71. The first-order valence-electron chi connectivity index (χ1n) is 6.87. The molecule has 104 valence electrons. The van der Waals surface area contributed by atoms with Crippen LogP contribution in [-0.2, 0) is 6.54 Å². The average Bonchev–Trinajstić information content (AvgIpc) is 2.54. The normalized spacial score (nSPS) is 11.3. The highest BCUT2D eigenvalue weighted by Gasteiger charge is 2.06. The van der Waals surface area contributed by atoms with Gasteiger partial charge in [-0.25, -0.2) is 4.98 Å². The summed E-state index contributed by atoms with van der Waals surface area (Å²) in [4.78, 5) is 21.1. The Balaban J connectivity index is 2.14. The third kappa shape index (κ3) is 2.60. The topological polar surface area (TPSA) is 47.8 Å². The van der Waals surface area contributed by atoms with Crippen molar-refractivity contribution in [1.82, 2.24) is 14.5 Å². The maximum atomic E-state index is 12.5. The van der Waals surface area contributed by atoms with E-state index >= 15 is 0 Å². The minimum Gasteiger partial charge on any atom is -0.293 e. The highest BCUT2D eigenvalue weighted by atomic mass is 16.1. The van der Waals surface area contributed by atoms with E-state index in [4.69, 9.17) is 0 Å². The molecule has 0 atom stereocenters. The van der Waals surface area contributed by atoms with Crippen molar-refractivity contribution in [3.8, 4) is 0 Å². The fraction of sp³-hybridized carbons (Fsp3) is 0.118. The fourth-order valence-corrected chi connectivity index (χ4v) is 2.26. The number of pyridine rings is 1. The van der Waals surface area contributed by atoms with Crippen LogP contribution >= 0.6 is 0 Å². The zero-order valence-corrected chi connectivity index (χ0v) is 11.7. The van der Waals surface area contributed by atoms with Crippen LogP contribution in [0.5, 0.6) is 0 Å². The number of hydrogen-bond donors (Lipinski definition) is 0. The summed E-state index contributed by atoms with van der Waals surface area (Å²) >= 11 is 0. The SMILES string of the molecule is CCn1c(/C=C/c2cccnc2)nc2ccccc2c1=O. The molecular weight excluding hydrogens is 262 g/mol. The smallest absolute Gasteiger partial charge is 0.261 e. The molecule has 2 heterocycles. The molecule has 2 aromatic heterocycles. The summed E-state index contributed by atoms with van der Waals surface area (Å²) in [6, 6.07) is 11.2.